The number of hydrogen-bond acceptors (Lipinski definition) is 1. The molecule has 0 saturated carbocycles. The summed E-state index contributed by atoms with van der Waals surface area (Å²) in [6, 6.07) is 8.55. The molecule has 0 spiro atoms. The lowest BCUT2D eigenvalue weighted by atomic mass is 10.1. The molecule has 0 bridgehead atoms. The van der Waals surface area contributed by atoms with E-state index in [0.717, 1.165) is 18.8 Å². The molecule has 0 saturated heterocycles. The van der Waals surface area contributed by atoms with Crippen LogP contribution in [0.5, 0.6) is 5.75 Å². The van der Waals surface area contributed by atoms with Gasteiger partial charge < -0.3 is 4.74 Å². The van der Waals surface area contributed by atoms with Gasteiger partial charge in [-0.25, -0.2) is 0 Å². The predicted molar refractivity (Wildman–Crippen MR) is 83.8 cm³/mol. The van der Waals surface area contributed by atoms with Crippen molar-refractivity contribution in [3.05, 3.63) is 41.5 Å². The molecule has 0 fully saturated rings. The van der Waals surface area contributed by atoms with Gasteiger partial charge in [0.1, 0.15) is 5.75 Å². The van der Waals surface area contributed by atoms with E-state index in [2.05, 4.69) is 51.1 Å². The Morgan fingerprint density at radius 2 is 1.84 bits per heavy atom. The van der Waals surface area contributed by atoms with E-state index in [1.807, 2.05) is 0 Å². The molecule has 0 aliphatic heterocycles. The van der Waals surface area contributed by atoms with Gasteiger partial charge >= 0.3 is 0 Å². The van der Waals surface area contributed by atoms with Gasteiger partial charge in [0.05, 0.1) is 6.61 Å². The molecule has 0 N–H and O–H groups in total. The van der Waals surface area contributed by atoms with E-state index < -0.39 is 0 Å². The van der Waals surface area contributed by atoms with Crippen molar-refractivity contribution in [1.82, 2.24) is 0 Å². The van der Waals surface area contributed by atoms with Crippen molar-refractivity contribution in [2.75, 3.05) is 6.61 Å². The van der Waals surface area contributed by atoms with Crippen molar-refractivity contribution < 1.29 is 4.74 Å². The third-order valence-corrected chi connectivity index (χ3v) is 3.27. The third-order valence-electron chi connectivity index (χ3n) is 3.27. The molecule has 0 amide bonds. The minimum absolute atomic E-state index is 0.773. The summed E-state index contributed by atoms with van der Waals surface area (Å²) in [6.07, 6.45) is 9.41. The SMILES string of the molecule is CCCCc1ccc(OCC/C=C(\C)CCC)cc1. The van der Waals surface area contributed by atoms with Crippen LogP contribution in [-0.2, 0) is 6.42 Å². The fourth-order valence-electron chi connectivity index (χ4n) is 2.11. The molecule has 0 radical (unpaired) electrons. The highest BCUT2D eigenvalue weighted by Gasteiger charge is 1.95. The summed E-state index contributed by atoms with van der Waals surface area (Å²) in [7, 11) is 0. The summed E-state index contributed by atoms with van der Waals surface area (Å²) in [6.45, 7) is 7.42. The maximum Gasteiger partial charge on any atom is 0.119 e. The first-order valence-corrected chi connectivity index (χ1v) is 7.63. The van der Waals surface area contributed by atoms with Gasteiger partial charge in [-0.3, -0.25) is 0 Å². The van der Waals surface area contributed by atoms with Crippen molar-refractivity contribution in [1.29, 1.82) is 0 Å². The highest BCUT2D eigenvalue weighted by molar-refractivity contribution is 5.27. The van der Waals surface area contributed by atoms with Crippen molar-refractivity contribution in [3.63, 3.8) is 0 Å². The van der Waals surface area contributed by atoms with Gasteiger partial charge in [-0.05, 0) is 50.3 Å². The Kier molecular flexibility index (Phi) is 8.04. The molecule has 0 aromatic heterocycles. The maximum atomic E-state index is 5.75. The van der Waals surface area contributed by atoms with Gasteiger partial charge in [0.25, 0.3) is 0 Å². The Labute approximate surface area is 118 Å². The Bertz CT molecular complexity index is 362. The molecule has 1 heteroatoms. The van der Waals surface area contributed by atoms with Crippen LogP contribution < -0.4 is 4.74 Å². The van der Waals surface area contributed by atoms with Crippen LogP contribution in [0.4, 0.5) is 0 Å². The number of unbranched alkanes of at least 4 members (excludes halogenated alkanes) is 1. The topological polar surface area (TPSA) is 9.23 Å². The normalized spacial score (nSPS) is 11.6. The molecule has 19 heavy (non-hydrogen) atoms. The highest BCUT2D eigenvalue weighted by Crippen LogP contribution is 2.14. The van der Waals surface area contributed by atoms with Gasteiger partial charge in [-0.1, -0.05) is 50.5 Å². The van der Waals surface area contributed by atoms with Crippen LogP contribution in [0.1, 0.15) is 58.4 Å². The molecular formula is C18H28O. The summed E-state index contributed by atoms with van der Waals surface area (Å²) in [5, 5.41) is 0. The molecule has 1 rings (SSSR count). The predicted octanol–water partition coefficient (Wildman–Crippen LogP) is 5.54. The number of allylic oxidation sites excluding steroid dienone is 1. The van der Waals surface area contributed by atoms with Crippen molar-refractivity contribution >= 4 is 0 Å². The van der Waals surface area contributed by atoms with E-state index in [9.17, 15) is 0 Å². The van der Waals surface area contributed by atoms with Gasteiger partial charge in [0, 0.05) is 0 Å². The highest BCUT2D eigenvalue weighted by atomic mass is 16.5. The Balaban J connectivity index is 2.28. The second kappa shape index (κ2) is 9.66. The summed E-state index contributed by atoms with van der Waals surface area (Å²) in [4.78, 5) is 0. The quantitative estimate of drug-likeness (QED) is 0.418. The fraction of sp³-hybridized carbons (Fsp3) is 0.556. The smallest absolute Gasteiger partial charge is 0.119 e. The molecular weight excluding hydrogens is 232 g/mol. The van der Waals surface area contributed by atoms with Crippen LogP contribution in [0, 0.1) is 0 Å². The maximum absolute atomic E-state index is 5.75. The zero-order valence-corrected chi connectivity index (χ0v) is 12.7. The Morgan fingerprint density at radius 3 is 2.47 bits per heavy atom. The Morgan fingerprint density at radius 1 is 1.11 bits per heavy atom. The summed E-state index contributed by atoms with van der Waals surface area (Å²) in [5.74, 6) is 0.988. The first-order valence-electron chi connectivity index (χ1n) is 7.63. The second-order valence-corrected chi connectivity index (χ2v) is 5.19. The lowest BCUT2D eigenvalue weighted by Crippen LogP contribution is -1.96. The van der Waals surface area contributed by atoms with Gasteiger partial charge in [-0.2, -0.15) is 0 Å². The van der Waals surface area contributed by atoms with Gasteiger partial charge in [0.2, 0.25) is 0 Å². The van der Waals surface area contributed by atoms with Crippen LogP contribution in [-0.4, -0.2) is 6.61 Å². The van der Waals surface area contributed by atoms with Gasteiger partial charge in [-0.15, -0.1) is 0 Å². The molecule has 0 atom stereocenters. The van der Waals surface area contributed by atoms with E-state index in [0.29, 0.717) is 0 Å². The molecule has 0 heterocycles. The lowest BCUT2D eigenvalue weighted by molar-refractivity contribution is 0.324. The minimum atomic E-state index is 0.773. The zero-order valence-electron chi connectivity index (χ0n) is 12.7. The van der Waals surface area contributed by atoms with E-state index in [1.165, 1.54) is 43.2 Å². The average Bonchev–Trinajstić information content (AvgIpc) is 2.43. The van der Waals surface area contributed by atoms with Crippen LogP contribution in [0.3, 0.4) is 0 Å². The zero-order chi connectivity index (χ0) is 13.9. The molecule has 0 aliphatic rings. The standard InChI is InChI=1S/C18H28O/c1-4-6-10-17-11-13-18(14-12-17)19-15-7-9-16(3)8-5-2/h9,11-14H,4-8,10,15H2,1-3H3/b16-9+. The van der Waals surface area contributed by atoms with E-state index in [-0.39, 0.29) is 0 Å². The van der Waals surface area contributed by atoms with Crippen LogP contribution in [0.25, 0.3) is 0 Å². The van der Waals surface area contributed by atoms with E-state index in [4.69, 9.17) is 4.74 Å². The largest absolute Gasteiger partial charge is 0.493 e. The molecule has 0 aliphatic carbocycles. The van der Waals surface area contributed by atoms with Gasteiger partial charge in [0.15, 0.2) is 0 Å². The monoisotopic (exact) mass is 260 g/mol. The third kappa shape index (κ3) is 7.05. The molecule has 1 aromatic rings. The van der Waals surface area contributed by atoms with E-state index in [1.54, 1.807) is 0 Å². The molecule has 0 unspecified atom stereocenters. The molecule has 1 aromatic carbocycles. The Hall–Kier alpha value is -1.24. The van der Waals surface area contributed by atoms with E-state index >= 15 is 0 Å². The summed E-state index contributed by atoms with van der Waals surface area (Å²) >= 11 is 0. The van der Waals surface area contributed by atoms with Crippen LogP contribution >= 0.6 is 0 Å². The fourth-order valence-corrected chi connectivity index (χ4v) is 2.11. The number of aryl methyl sites for hydroxylation is 1. The van der Waals surface area contributed by atoms with Crippen LogP contribution in [0.15, 0.2) is 35.9 Å². The number of hydrogen-bond donors (Lipinski definition) is 0. The molecule has 106 valence electrons. The first kappa shape index (κ1) is 15.8. The lowest BCUT2D eigenvalue weighted by Gasteiger charge is -2.06. The summed E-state index contributed by atoms with van der Waals surface area (Å²) < 4.78 is 5.75. The first-order chi connectivity index (χ1) is 9.26. The number of benzene rings is 1. The average molecular weight is 260 g/mol. The minimum Gasteiger partial charge on any atom is -0.493 e. The number of ether oxygens (including phenoxy) is 1. The summed E-state index contributed by atoms with van der Waals surface area (Å²) in [5.41, 5.74) is 2.88. The van der Waals surface area contributed by atoms with Crippen molar-refractivity contribution in [3.8, 4) is 5.75 Å². The molecule has 1 nitrogen and oxygen atoms in total. The van der Waals surface area contributed by atoms with Crippen molar-refractivity contribution in [2.24, 2.45) is 0 Å². The number of rotatable bonds is 9. The second-order valence-electron chi connectivity index (χ2n) is 5.19. The van der Waals surface area contributed by atoms with Crippen molar-refractivity contribution in [2.45, 2.75) is 59.3 Å². The van der Waals surface area contributed by atoms with Crippen LogP contribution in [0.2, 0.25) is 0 Å².